The Labute approximate surface area is 100 Å². The number of hydrogen-bond acceptors (Lipinski definition) is 3. The average Bonchev–Trinajstić information content (AvgIpc) is 2.72. The van der Waals surface area contributed by atoms with Crippen LogP contribution in [0.2, 0.25) is 0 Å². The number of aromatic nitrogens is 2. The normalized spacial score (nSPS) is 20.2. The van der Waals surface area contributed by atoms with Gasteiger partial charge in [-0.3, -0.25) is 15.4 Å². The van der Waals surface area contributed by atoms with Crippen molar-refractivity contribution in [2.24, 2.45) is 13.0 Å². The molecular weight excluding hydrogens is 218 g/mol. The minimum atomic E-state index is -0.321. The van der Waals surface area contributed by atoms with Crippen LogP contribution in [0.15, 0.2) is 12.4 Å². The lowest BCUT2D eigenvalue weighted by atomic mass is 10.1. The Bertz CT molecular complexity index is 450. The molecule has 2 amide bonds. The molecule has 0 bridgehead atoms. The van der Waals surface area contributed by atoms with Crippen LogP contribution < -0.4 is 5.32 Å². The zero-order valence-electron chi connectivity index (χ0n) is 10.3. The lowest BCUT2D eigenvalue weighted by Gasteiger charge is -2.23. The van der Waals surface area contributed by atoms with Crippen molar-refractivity contribution >= 4 is 11.9 Å². The van der Waals surface area contributed by atoms with E-state index in [9.17, 15) is 4.79 Å². The fraction of sp³-hybridized carbons (Fsp3) is 0.545. The maximum atomic E-state index is 11.8. The molecule has 2 N–H and O–H groups in total. The third-order valence-corrected chi connectivity index (χ3v) is 2.69. The smallest absolute Gasteiger partial charge is 0.310 e. The molecule has 1 aromatic heterocycles. The van der Waals surface area contributed by atoms with Crippen LogP contribution in [0.5, 0.6) is 0 Å². The van der Waals surface area contributed by atoms with Crippen LogP contribution in [0.4, 0.5) is 4.79 Å². The van der Waals surface area contributed by atoms with E-state index in [4.69, 9.17) is 5.41 Å². The lowest BCUT2D eigenvalue weighted by Crippen LogP contribution is -2.33. The molecule has 1 saturated heterocycles. The summed E-state index contributed by atoms with van der Waals surface area (Å²) in [4.78, 5) is 13.4. The third-order valence-electron chi connectivity index (χ3n) is 2.69. The first kappa shape index (κ1) is 11.6. The SMILES string of the molecule is CC(C)CN1C(=O)NC(=N)C1c1cnn(C)c1. The molecule has 0 saturated carbocycles. The van der Waals surface area contributed by atoms with Gasteiger partial charge >= 0.3 is 6.03 Å². The van der Waals surface area contributed by atoms with E-state index in [1.54, 1.807) is 15.8 Å². The van der Waals surface area contributed by atoms with Crippen molar-refractivity contribution < 1.29 is 4.79 Å². The molecule has 6 nitrogen and oxygen atoms in total. The van der Waals surface area contributed by atoms with E-state index < -0.39 is 0 Å². The van der Waals surface area contributed by atoms with Gasteiger partial charge in [-0.1, -0.05) is 13.8 Å². The Morgan fingerprint density at radius 3 is 2.82 bits per heavy atom. The van der Waals surface area contributed by atoms with Crippen LogP contribution in [0, 0.1) is 11.3 Å². The van der Waals surface area contributed by atoms with Gasteiger partial charge < -0.3 is 4.90 Å². The van der Waals surface area contributed by atoms with Crippen LogP contribution in [0.3, 0.4) is 0 Å². The van der Waals surface area contributed by atoms with Gasteiger partial charge in [0.1, 0.15) is 11.9 Å². The first-order valence-corrected chi connectivity index (χ1v) is 5.63. The zero-order chi connectivity index (χ0) is 12.6. The van der Waals surface area contributed by atoms with Gasteiger partial charge in [-0.2, -0.15) is 5.10 Å². The number of hydrogen-bond donors (Lipinski definition) is 2. The summed E-state index contributed by atoms with van der Waals surface area (Å²) in [5, 5.41) is 14.5. The van der Waals surface area contributed by atoms with Gasteiger partial charge in [0.05, 0.1) is 6.20 Å². The van der Waals surface area contributed by atoms with E-state index in [1.807, 2.05) is 13.2 Å². The van der Waals surface area contributed by atoms with E-state index in [2.05, 4.69) is 24.3 Å². The number of amides is 2. The van der Waals surface area contributed by atoms with Crippen LogP contribution in [-0.2, 0) is 7.05 Å². The molecule has 1 aliphatic rings. The highest BCUT2D eigenvalue weighted by molar-refractivity contribution is 6.05. The molecule has 0 radical (unpaired) electrons. The fourth-order valence-electron chi connectivity index (χ4n) is 2.04. The van der Waals surface area contributed by atoms with Gasteiger partial charge in [-0.05, 0) is 5.92 Å². The molecule has 0 aromatic carbocycles. The third kappa shape index (κ3) is 2.15. The number of rotatable bonds is 3. The Morgan fingerprint density at radius 1 is 1.59 bits per heavy atom. The van der Waals surface area contributed by atoms with Crippen LogP contribution in [0.25, 0.3) is 0 Å². The monoisotopic (exact) mass is 235 g/mol. The standard InChI is InChI=1S/C11H17N5O/c1-7(2)5-16-9(10(12)14-11(16)17)8-4-13-15(3)6-8/h4,6-7,9H,5H2,1-3H3,(H2,12,14,17). The Morgan fingerprint density at radius 2 is 2.29 bits per heavy atom. The average molecular weight is 235 g/mol. The summed E-state index contributed by atoms with van der Waals surface area (Å²) in [6.07, 6.45) is 3.54. The number of carbonyl (C=O) groups is 1. The molecule has 0 aliphatic carbocycles. The summed E-state index contributed by atoms with van der Waals surface area (Å²) in [5.41, 5.74) is 0.872. The van der Waals surface area contributed by atoms with Gasteiger partial charge in [0, 0.05) is 25.4 Å². The van der Waals surface area contributed by atoms with Gasteiger partial charge in [0.2, 0.25) is 0 Å². The maximum absolute atomic E-state index is 11.8. The number of aryl methyl sites for hydroxylation is 1. The van der Waals surface area contributed by atoms with Gasteiger partial charge in [-0.15, -0.1) is 0 Å². The zero-order valence-corrected chi connectivity index (χ0v) is 10.3. The Kier molecular flexibility index (Phi) is 2.87. The number of urea groups is 1. The number of nitrogens with zero attached hydrogens (tertiary/aromatic N) is 3. The summed E-state index contributed by atoms with van der Waals surface area (Å²) < 4.78 is 1.68. The molecule has 1 fully saturated rings. The topological polar surface area (TPSA) is 74.0 Å². The van der Waals surface area contributed by atoms with Gasteiger partial charge in [-0.25, -0.2) is 4.79 Å². The summed E-state index contributed by atoms with van der Waals surface area (Å²) in [5.74, 6) is 0.592. The molecule has 1 aliphatic heterocycles. The first-order valence-electron chi connectivity index (χ1n) is 5.63. The first-order chi connectivity index (χ1) is 7.99. The molecule has 1 unspecified atom stereocenters. The summed E-state index contributed by atoms with van der Waals surface area (Å²) in [6, 6.07) is -0.517. The van der Waals surface area contributed by atoms with Crippen molar-refractivity contribution in [2.75, 3.05) is 6.54 Å². The molecular formula is C11H17N5O. The maximum Gasteiger partial charge on any atom is 0.323 e. The molecule has 1 atom stereocenters. The minimum Gasteiger partial charge on any atom is -0.310 e. The molecule has 6 heteroatoms. The second kappa shape index (κ2) is 4.20. The quantitative estimate of drug-likeness (QED) is 0.823. The highest BCUT2D eigenvalue weighted by Gasteiger charge is 2.37. The van der Waals surface area contributed by atoms with Gasteiger partial charge in [0.15, 0.2) is 0 Å². The number of nitrogens with one attached hydrogen (secondary N) is 2. The Balaban J connectivity index is 2.29. The molecule has 92 valence electrons. The van der Waals surface area contributed by atoms with Crippen molar-refractivity contribution in [1.29, 1.82) is 5.41 Å². The van der Waals surface area contributed by atoms with E-state index in [-0.39, 0.29) is 17.9 Å². The highest BCUT2D eigenvalue weighted by Crippen LogP contribution is 2.26. The van der Waals surface area contributed by atoms with Gasteiger partial charge in [0.25, 0.3) is 0 Å². The number of amidine groups is 1. The molecule has 1 aromatic rings. The second-order valence-electron chi connectivity index (χ2n) is 4.74. The molecule has 17 heavy (non-hydrogen) atoms. The molecule has 2 heterocycles. The van der Waals surface area contributed by atoms with E-state index in [0.717, 1.165) is 5.56 Å². The highest BCUT2D eigenvalue weighted by atomic mass is 16.2. The van der Waals surface area contributed by atoms with Crippen molar-refractivity contribution in [1.82, 2.24) is 20.0 Å². The fourth-order valence-corrected chi connectivity index (χ4v) is 2.04. The largest absolute Gasteiger partial charge is 0.323 e. The number of carbonyl (C=O) groups excluding carboxylic acids is 1. The van der Waals surface area contributed by atoms with Crippen LogP contribution >= 0.6 is 0 Å². The van der Waals surface area contributed by atoms with Crippen LogP contribution in [-0.4, -0.2) is 33.1 Å². The van der Waals surface area contributed by atoms with Crippen molar-refractivity contribution in [3.05, 3.63) is 18.0 Å². The van der Waals surface area contributed by atoms with Crippen molar-refractivity contribution in [3.63, 3.8) is 0 Å². The summed E-state index contributed by atoms with van der Waals surface area (Å²) in [6.45, 7) is 4.73. The minimum absolute atomic E-state index is 0.197. The Hall–Kier alpha value is -1.85. The second-order valence-corrected chi connectivity index (χ2v) is 4.74. The van der Waals surface area contributed by atoms with E-state index in [1.165, 1.54) is 0 Å². The molecule has 2 rings (SSSR count). The summed E-state index contributed by atoms with van der Waals surface area (Å²) >= 11 is 0. The predicted octanol–water partition coefficient (Wildman–Crippen LogP) is 1.12. The van der Waals surface area contributed by atoms with E-state index in [0.29, 0.717) is 12.5 Å². The van der Waals surface area contributed by atoms with Crippen molar-refractivity contribution in [2.45, 2.75) is 19.9 Å². The predicted molar refractivity (Wildman–Crippen MR) is 63.8 cm³/mol. The van der Waals surface area contributed by atoms with E-state index >= 15 is 0 Å². The van der Waals surface area contributed by atoms with Crippen LogP contribution in [0.1, 0.15) is 25.5 Å². The lowest BCUT2D eigenvalue weighted by molar-refractivity contribution is 0.198. The summed E-state index contributed by atoms with van der Waals surface area (Å²) in [7, 11) is 1.82. The van der Waals surface area contributed by atoms with Crippen molar-refractivity contribution in [3.8, 4) is 0 Å². The molecule has 0 spiro atoms.